The van der Waals surface area contributed by atoms with E-state index in [4.69, 9.17) is 91.9 Å². The zero-order valence-electron chi connectivity index (χ0n) is 36.4. The molecule has 0 saturated heterocycles. The summed E-state index contributed by atoms with van der Waals surface area (Å²) >= 11 is 0. The van der Waals surface area contributed by atoms with Crippen molar-refractivity contribution in [1.82, 2.24) is 0 Å². The van der Waals surface area contributed by atoms with E-state index >= 15 is 0 Å². The van der Waals surface area contributed by atoms with Gasteiger partial charge < -0.3 is 91.9 Å². The summed E-state index contributed by atoms with van der Waals surface area (Å²) in [5.41, 5.74) is 0. The number of aliphatic hydroxyl groups excluding tert-OH is 17. The third kappa shape index (κ3) is 183. The van der Waals surface area contributed by atoms with E-state index in [2.05, 4.69) is 0 Å². The normalized spacial score (nSPS) is 11.6. The Morgan fingerprint density at radius 1 is 0.246 bits per heavy atom. The average molecular weight is 853 g/mol. The van der Waals surface area contributed by atoms with Crippen LogP contribution in [-0.4, -0.2) is 202 Å². The second-order valence-corrected chi connectivity index (χ2v) is 12.4. The van der Waals surface area contributed by atoms with Crippen molar-refractivity contribution in [1.29, 1.82) is 0 Å². The van der Waals surface area contributed by atoms with Crippen LogP contribution in [0.1, 0.15) is 144 Å². The molecule has 0 rings (SSSR count). The van der Waals surface area contributed by atoms with Crippen LogP contribution in [-0.2, 0) is 0 Å². The number of unbranched alkanes of at least 4 members (excludes halogenated alkanes) is 11. The van der Waals surface area contributed by atoms with E-state index in [1.54, 1.807) is 20.8 Å². The second-order valence-electron chi connectivity index (χ2n) is 12.4. The first-order valence-corrected chi connectivity index (χ1v) is 20.4. The average Bonchev–Trinajstić information content (AvgIpc) is 3.16. The first kappa shape index (κ1) is 76.9. The van der Waals surface area contributed by atoms with E-state index in [1.165, 1.54) is 26.7 Å². The minimum Gasteiger partial charge on any atom is -0.396 e. The number of rotatable bonds is 25. The molecule has 0 aromatic carbocycles. The summed E-state index contributed by atoms with van der Waals surface area (Å²) in [4.78, 5) is 0. The Kier molecular flexibility index (Phi) is 117. The van der Waals surface area contributed by atoms with Gasteiger partial charge in [0.2, 0.25) is 0 Å². The molecule has 0 aliphatic rings. The van der Waals surface area contributed by atoms with Crippen molar-refractivity contribution in [3.63, 3.8) is 0 Å². The molecule has 0 heterocycles. The van der Waals surface area contributed by atoms with Gasteiger partial charge >= 0.3 is 0 Å². The molecule has 18 heteroatoms. The highest BCUT2D eigenvalue weighted by molar-refractivity contribution is 4.51. The lowest BCUT2D eigenvalue weighted by Crippen LogP contribution is -2.17. The van der Waals surface area contributed by atoms with Crippen molar-refractivity contribution < 1.29 is 91.9 Å². The standard InChI is InChI=1S/C8H18O2.C6H14O2.C5H12O2.3C4H10O2.2C3H8O2.C2H6O2/c9-7-5-3-1-2-4-6-8-10;7-5-3-1-2-4-6-8;6-4-2-1-3-5-7;1-4(6)2-3-5;1-3(5)4(2)6;5-3-1-2-4-6;1-3(5)2-4;4-2-1-3-5;1-2(3)4/h9-10H,1-8H2;7-8H,1-6H2;6-7H,1-5H2;4-6H,2-3H2,1H3;3-6H,1-2H3;5-6H,1-4H2;3-5H,2H2,1H3;4-5H,1-3H2;2-4H,1H3. The van der Waals surface area contributed by atoms with Gasteiger partial charge in [-0.15, -0.1) is 0 Å². The predicted molar refractivity (Wildman–Crippen MR) is 224 cm³/mol. The molecular formula is C39H96O18. The number of hydrogen-bond acceptors (Lipinski definition) is 18. The highest BCUT2D eigenvalue weighted by Crippen LogP contribution is 2.04. The van der Waals surface area contributed by atoms with Crippen molar-refractivity contribution in [3.8, 4) is 0 Å². The number of hydrogen-bond donors (Lipinski definition) is 18. The molecule has 4 atom stereocenters. The van der Waals surface area contributed by atoms with Crippen LogP contribution in [0.3, 0.4) is 0 Å². The van der Waals surface area contributed by atoms with Gasteiger partial charge in [0, 0.05) is 72.7 Å². The number of aliphatic hydroxyl groups is 18. The molecule has 18 nitrogen and oxygen atoms in total. The van der Waals surface area contributed by atoms with Gasteiger partial charge in [-0.05, 0) is 105 Å². The van der Waals surface area contributed by atoms with Crippen LogP contribution >= 0.6 is 0 Å². The van der Waals surface area contributed by atoms with Gasteiger partial charge in [-0.1, -0.05) is 38.5 Å². The Hall–Kier alpha value is -0.720. The molecule has 360 valence electrons. The maximum Gasteiger partial charge on any atom is 0.148 e. The summed E-state index contributed by atoms with van der Waals surface area (Å²) in [5.74, 6) is 0. The van der Waals surface area contributed by atoms with Crippen molar-refractivity contribution in [2.45, 2.75) is 174 Å². The molecule has 0 aliphatic carbocycles. The molecule has 0 radical (unpaired) electrons. The van der Waals surface area contributed by atoms with E-state index in [1.807, 2.05) is 0 Å². The molecule has 18 N–H and O–H groups in total. The maximum absolute atomic E-state index is 8.43. The Morgan fingerprint density at radius 2 is 0.404 bits per heavy atom. The van der Waals surface area contributed by atoms with Gasteiger partial charge in [0.15, 0.2) is 0 Å². The Balaban J connectivity index is -0.0000000658. The fourth-order valence-electron chi connectivity index (χ4n) is 2.39. The summed E-state index contributed by atoms with van der Waals surface area (Å²) < 4.78 is 0. The highest BCUT2D eigenvalue weighted by Gasteiger charge is 1.99. The lowest BCUT2D eigenvalue weighted by atomic mass is 10.1. The van der Waals surface area contributed by atoms with Crippen LogP contribution in [0.4, 0.5) is 0 Å². The topological polar surface area (TPSA) is 364 Å². The Bertz CT molecular complexity index is 489. The monoisotopic (exact) mass is 853 g/mol. The molecule has 0 aromatic heterocycles. The molecule has 0 aliphatic heterocycles. The molecule has 0 aromatic rings. The minimum atomic E-state index is -1.17. The molecule has 4 unspecified atom stereocenters. The van der Waals surface area contributed by atoms with E-state index < -0.39 is 24.6 Å². The van der Waals surface area contributed by atoms with E-state index in [-0.39, 0.29) is 72.2 Å². The van der Waals surface area contributed by atoms with Crippen LogP contribution in [0.5, 0.6) is 0 Å². The van der Waals surface area contributed by atoms with Crippen LogP contribution in [0, 0.1) is 0 Å². The third-order valence-corrected chi connectivity index (χ3v) is 5.84. The van der Waals surface area contributed by atoms with Gasteiger partial charge in [0.05, 0.1) is 31.0 Å². The highest BCUT2D eigenvalue weighted by atomic mass is 16.5. The van der Waals surface area contributed by atoms with Crippen molar-refractivity contribution in [2.75, 3.05) is 79.3 Å². The van der Waals surface area contributed by atoms with E-state index in [0.717, 1.165) is 83.5 Å². The SMILES string of the molecule is CC(O)C(C)O.CC(O)CCO.CC(O)CO.CC(O)O.OCCCCCCCCO.OCCCCCCO.OCCCCCO.OCCCCO.OCCCO. The van der Waals surface area contributed by atoms with Crippen molar-refractivity contribution >= 4 is 0 Å². The van der Waals surface area contributed by atoms with Crippen LogP contribution in [0.2, 0.25) is 0 Å². The first-order valence-electron chi connectivity index (χ1n) is 20.4. The molecular weight excluding hydrogens is 756 g/mol. The van der Waals surface area contributed by atoms with E-state index in [0.29, 0.717) is 26.1 Å². The Morgan fingerprint density at radius 3 is 0.491 bits per heavy atom. The zero-order chi connectivity index (χ0) is 46.4. The summed E-state index contributed by atoms with van der Waals surface area (Å²) in [6, 6.07) is 0. The molecule has 0 fully saturated rings. The molecule has 0 amide bonds. The molecule has 57 heavy (non-hydrogen) atoms. The minimum absolute atomic E-state index is 0.0810. The fraction of sp³-hybridized carbons (Fsp3) is 1.00. The van der Waals surface area contributed by atoms with Gasteiger partial charge in [-0.25, -0.2) is 0 Å². The van der Waals surface area contributed by atoms with Gasteiger partial charge in [-0.3, -0.25) is 0 Å². The largest absolute Gasteiger partial charge is 0.396 e. The van der Waals surface area contributed by atoms with E-state index in [9.17, 15) is 0 Å². The summed E-state index contributed by atoms with van der Waals surface area (Å²) in [6.45, 7) is 9.77. The summed E-state index contributed by atoms with van der Waals surface area (Å²) in [6.07, 6.45) is 12.1. The quantitative estimate of drug-likeness (QED) is 0.0398. The first-order chi connectivity index (χ1) is 27.0. The van der Waals surface area contributed by atoms with Gasteiger partial charge in [-0.2, -0.15) is 0 Å². The molecule has 0 saturated carbocycles. The molecule has 0 bridgehead atoms. The van der Waals surface area contributed by atoms with Gasteiger partial charge in [0.25, 0.3) is 0 Å². The van der Waals surface area contributed by atoms with Crippen molar-refractivity contribution in [2.24, 2.45) is 0 Å². The second kappa shape index (κ2) is 87.0. The maximum atomic E-state index is 8.43. The predicted octanol–water partition coefficient (Wildman–Crippen LogP) is -0.729. The fourth-order valence-corrected chi connectivity index (χ4v) is 2.39. The Labute approximate surface area is 345 Å². The summed E-state index contributed by atoms with van der Waals surface area (Å²) in [5, 5.41) is 146. The van der Waals surface area contributed by atoms with Gasteiger partial charge in [0.1, 0.15) is 6.29 Å². The van der Waals surface area contributed by atoms with Crippen LogP contribution < -0.4 is 0 Å². The lowest BCUT2D eigenvalue weighted by Gasteiger charge is -2.03. The molecule has 0 spiro atoms. The zero-order valence-corrected chi connectivity index (χ0v) is 36.4. The van der Waals surface area contributed by atoms with Crippen LogP contribution in [0.25, 0.3) is 0 Å². The van der Waals surface area contributed by atoms with Crippen molar-refractivity contribution in [3.05, 3.63) is 0 Å². The van der Waals surface area contributed by atoms with Crippen LogP contribution in [0.15, 0.2) is 0 Å². The lowest BCUT2D eigenvalue weighted by molar-refractivity contribution is -0.0228. The summed E-state index contributed by atoms with van der Waals surface area (Å²) in [7, 11) is 0. The third-order valence-electron chi connectivity index (χ3n) is 5.84. The smallest absolute Gasteiger partial charge is 0.148 e.